The molecule has 2 heterocycles. The maximum atomic E-state index is 13.0. The molecule has 3 aromatic rings. The Morgan fingerprint density at radius 1 is 1.11 bits per heavy atom. The highest BCUT2D eigenvalue weighted by Crippen LogP contribution is 2.49. The number of amides is 1. The minimum absolute atomic E-state index is 0.104. The predicted molar refractivity (Wildman–Crippen MR) is 103 cm³/mol. The van der Waals surface area contributed by atoms with E-state index in [1.807, 2.05) is 47.4 Å². The number of nitrogens with zero attached hydrogens (tertiary/aromatic N) is 2. The largest absolute Gasteiger partial charge is 0.360 e. The van der Waals surface area contributed by atoms with E-state index in [1.54, 1.807) is 0 Å². The molecule has 0 N–H and O–H groups in total. The lowest BCUT2D eigenvalue weighted by atomic mass is 10.0. The summed E-state index contributed by atoms with van der Waals surface area (Å²) in [6.45, 7) is 1.26. The molecule has 4 nitrogen and oxygen atoms in total. The second kappa shape index (κ2) is 6.54. The van der Waals surface area contributed by atoms with E-state index in [0.29, 0.717) is 30.5 Å². The van der Waals surface area contributed by atoms with Gasteiger partial charge >= 0.3 is 0 Å². The summed E-state index contributed by atoms with van der Waals surface area (Å²) < 4.78 is 5.55. The molecule has 5 rings (SSSR count). The van der Waals surface area contributed by atoms with E-state index in [4.69, 9.17) is 16.1 Å². The lowest BCUT2D eigenvalue weighted by Gasteiger charge is -2.26. The zero-order valence-electron chi connectivity index (χ0n) is 14.8. The molecule has 1 amide bonds. The molecule has 0 saturated heterocycles. The number of halogens is 1. The minimum atomic E-state index is 0.104. The number of carbonyl (C=O) groups excluding carboxylic acids is 1. The van der Waals surface area contributed by atoms with Crippen LogP contribution in [-0.2, 0) is 17.8 Å². The Morgan fingerprint density at radius 2 is 1.89 bits per heavy atom. The molecule has 0 unspecified atom stereocenters. The van der Waals surface area contributed by atoms with Gasteiger partial charge in [0.2, 0.25) is 5.91 Å². The maximum absolute atomic E-state index is 13.0. The normalized spacial score (nSPS) is 21.0. The average Bonchev–Trinajstić information content (AvgIpc) is 3.41. The Balaban J connectivity index is 1.35. The molecule has 0 bridgehead atoms. The van der Waals surface area contributed by atoms with Crippen molar-refractivity contribution in [3.63, 3.8) is 0 Å². The lowest BCUT2D eigenvalue weighted by molar-refractivity contribution is -0.133. The van der Waals surface area contributed by atoms with Crippen LogP contribution in [0.4, 0.5) is 0 Å². The fourth-order valence-electron chi connectivity index (χ4n) is 4.00. The third-order valence-electron chi connectivity index (χ3n) is 5.59. The van der Waals surface area contributed by atoms with Crippen LogP contribution in [0.3, 0.4) is 0 Å². The van der Waals surface area contributed by atoms with Gasteiger partial charge in [0.1, 0.15) is 11.5 Å². The second-order valence-corrected chi connectivity index (χ2v) is 7.75. The zero-order valence-corrected chi connectivity index (χ0v) is 15.5. The highest BCUT2D eigenvalue weighted by molar-refractivity contribution is 6.30. The van der Waals surface area contributed by atoms with Crippen molar-refractivity contribution in [3.8, 4) is 11.3 Å². The molecule has 0 spiro atoms. The number of benzene rings is 2. The van der Waals surface area contributed by atoms with Gasteiger partial charge in [-0.15, -0.1) is 0 Å². The molecule has 27 heavy (non-hydrogen) atoms. The SMILES string of the molecule is O=C([C@@H]1C[C@H]1c1ccccc1)N1CCc2onc(-c3ccc(Cl)cc3)c2C1. The van der Waals surface area contributed by atoms with Gasteiger partial charge in [-0.2, -0.15) is 0 Å². The molecule has 1 aliphatic carbocycles. The third kappa shape index (κ3) is 3.04. The van der Waals surface area contributed by atoms with E-state index in [2.05, 4.69) is 17.3 Å². The minimum Gasteiger partial charge on any atom is -0.360 e. The predicted octanol–water partition coefficient (Wildman–Crippen LogP) is 4.68. The first-order chi connectivity index (χ1) is 13.2. The fourth-order valence-corrected chi connectivity index (χ4v) is 4.13. The van der Waals surface area contributed by atoms with Gasteiger partial charge < -0.3 is 9.42 Å². The van der Waals surface area contributed by atoms with Gasteiger partial charge in [-0.1, -0.05) is 59.2 Å². The number of hydrogen-bond acceptors (Lipinski definition) is 3. The molecule has 2 aliphatic rings. The van der Waals surface area contributed by atoms with Crippen molar-refractivity contribution < 1.29 is 9.32 Å². The summed E-state index contributed by atoms with van der Waals surface area (Å²) in [5.74, 6) is 1.60. The monoisotopic (exact) mass is 378 g/mol. The van der Waals surface area contributed by atoms with E-state index < -0.39 is 0 Å². The summed E-state index contributed by atoms with van der Waals surface area (Å²) in [4.78, 5) is 15.0. The van der Waals surface area contributed by atoms with Crippen LogP contribution in [0.25, 0.3) is 11.3 Å². The van der Waals surface area contributed by atoms with E-state index in [-0.39, 0.29) is 11.8 Å². The number of fused-ring (bicyclic) bond motifs is 1. The summed E-state index contributed by atoms with van der Waals surface area (Å²) in [5.41, 5.74) is 4.07. The average molecular weight is 379 g/mol. The van der Waals surface area contributed by atoms with Gasteiger partial charge in [-0.05, 0) is 30.0 Å². The first kappa shape index (κ1) is 16.6. The molecule has 2 atom stereocenters. The highest BCUT2D eigenvalue weighted by atomic mass is 35.5. The number of aromatic nitrogens is 1. The van der Waals surface area contributed by atoms with Gasteiger partial charge in [0, 0.05) is 35.0 Å². The maximum Gasteiger partial charge on any atom is 0.226 e. The summed E-state index contributed by atoms with van der Waals surface area (Å²) in [6, 6.07) is 17.9. The van der Waals surface area contributed by atoms with Crippen molar-refractivity contribution in [1.29, 1.82) is 0 Å². The molecule has 5 heteroatoms. The smallest absolute Gasteiger partial charge is 0.226 e. The summed E-state index contributed by atoms with van der Waals surface area (Å²) in [6.07, 6.45) is 1.66. The summed E-state index contributed by atoms with van der Waals surface area (Å²) in [7, 11) is 0. The van der Waals surface area contributed by atoms with Crippen LogP contribution in [0.15, 0.2) is 59.1 Å². The summed E-state index contributed by atoms with van der Waals surface area (Å²) >= 11 is 5.99. The quantitative estimate of drug-likeness (QED) is 0.664. The van der Waals surface area contributed by atoms with Crippen molar-refractivity contribution in [2.24, 2.45) is 5.92 Å². The number of rotatable bonds is 3. The molecule has 1 fully saturated rings. The van der Waals surface area contributed by atoms with E-state index >= 15 is 0 Å². The molecule has 1 aliphatic heterocycles. The van der Waals surface area contributed by atoms with Gasteiger partial charge in [0.25, 0.3) is 0 Å². The molecule has 1 aromatic heterocycles. The van der Waals surface area contributed by atoms with Crippen molar-refractivity contribution in [1.82, 2.24) is 10.1 Å². The topological polar surface area (TPSA) is 46.3 Å². The molecule has 0 radical (unpaired) electrons. The Hall–Kier alpha value is -2.59. The van der Waals surface area contributed by atoms with Crippen LogP contribution in [0.1, 0.15) is 29.2 Å². The van der Waals surface area contributed by atoms with E-state index in [9.17, 15) is 4.79 Å². The first-order valence-electron chi connectivity index (χ1n) is 9.28. The summed E-state index contributed by atoms with van der Waals surface area (Å²) in [5, 5.41) is 4.95. The van der Waals surface area contributed by atoms with Crippen LogP contribution in [0, 0.1) is 5.92 Å². The standard InChI is InChI=1S/C22H19ClN2O2/c23-16-8-6-15(7-9-16)21-19-13-25(11-10-20(19)27-24-21)22(26)18-12-17(18)14-4-2-1-3-5-14/h1-9,17-18H,10-13H2/t17-,18+/m0/s1. The van der Waals surface area contributed by atoms with Crippen molar-refractivity contribution in [2.75, 3.05) is 6.54 Å². The fraction of sp³-hybridized carbons (Fsp3) is 0.273. The van der Waals surface area contributed by atoms with Crippen molar-refractivity contribution >= 4 is 17.5 Å². The first-order valence-corrected chi connectivity index (χ1v) is 9.65. The van der Waals surface area contributed by atoms with Crippen LogP contribution >= 0.6 is 11.6 Å². The molecule has 2 aromatic carbocycles. The molecular formula is C22H19ClN2O2. The highest BCUT2D eigenvalue weighted by Gasteiger charge is 2.46. The Kier molecular flexibility index (Phi) is 4.01. The van der Waals surface area contributed by atoms with Crippen LogP contribution in [-0.4, -0.2) is 22.5 Å². The Labute approximate surface area is 162 Å². The lowest BCUT2D eigenvalue weighted by Crippen LogP contribution is -2.37. The zero-order chi connectivity index (χ0) is 18.4. The van der Waals surface area contributed by atoms with Crippen LogP contribution in [0.2, 0.25) is 5.02 Å². The van der Waals surface area contributed by atoms with Gasteiger partial charge in [0.05, 0.1) is 6.54 Å². The molecular weight excluding hydrogens is 360 g/mol. The van der Waals surface area contributed by atoms with Gasteiger partial charge in [-0.25, -0.2) is 0 Å². The number of carbonyl (C=O) groups is 1. The molecule has 136 valence electrons. The van der Waals surface area contributed by atoms with E-state index in [1.165, 1.54) is 5.56 Å². The van der Waals surface area contributed by atoms with Crippen molar-refractivity contribution in [2.45, 2.75) is 25.3 Å². The third-order valence-corrected chi connectivity index (χ3v) is 5.84. The van der Waals surface area contributed by atoms with Crippen molar-refractivity contribution in [3.05, 3.63) is 76.5 Å². The van der Waals surface area contributed by atoms with Gasteiger partial charge in [0.15, 0.2) is 0 Å². The Morgan fingerprint density at radius 3 is 2.67 bits per heavy atom. The van der Waals surface area contributed by atoms with Crippen LogP contribution < -0.4 is 0 Å². The second-order valence-electron chi connectivity index (χ2n) is 7.31. The van der Waals surface area contributed by atoms with E-state index in [0.717, 1.165) is 29.0 Å². The Bertz CT molecular complexity index is 981. The molecule has 1 saturated carbocycles. The van der Waals surface area contributed by atoms with Gasteiger partial charge in [-0.3, -0.25) is 4.79 Å². The van der Waals surface area contributed by atoms with Crippen LogP contribution in [0.5, 0.6) is 0 Å². The number of hydrogen-bond donors (Lipinski definition) is 0.